The number of fused-ring (bicyclic) bond motifs is 1. The molecule has 0 atom stereocenters. The van der Waals surface area contributed by atoms with Gasteiger partial charge in [-0.15, -0.1) is 0 Å². The SMILES string of the molecule is CC(=O)CNCCc1cccc2ccccc12. The molecule has 0 aliphatic rings. The number of rotatable bonds is 5. The van der Waals surface area contributed by atoms with E-state index >= 15 is 0 Å². The molecule has 0 aromatic heterocycles. The molecule has 0 bridgehead atoms. The fourth-order valence-corrected chi connectivity index (χ4v) is 2.00. The quantitative estimate of drug-likeness (QED) is 0.795. The van der Waals surface area contributed by atoms with Crippen LogP contribution in [-0.2, 0) is 11.2 Å². The Morgan fingerprint density at radius 3 is 2.71 bits per heavy atom. The molecule has 0 spiro atoms. The van der Waals surface area contributed by atoms with Gasteiger partial charge in [-0.3, -0.25) is 4.79 Å². The summed E-state index contributed by atoms with van der Waals surface area (Å²) in [5.41, 5.74) is 1.33. The van der Waals surface area contributed by atoms with E-state index < -0.39 is 0 Å². The van der Waals surface area contributed by atoms with Crippen LogP contribution in [0, 0.1) is 0 Å². The van der Waals surface area contributed by atoms with Gasteiger partial charge < -0.3 is 5.32 Å². The van der Waals surface area contributed by atoms with Crippen LogP contribution in [0.15, 0.2) is 42.5 Å². The first-order valence-corrected chi connectivity index (χ1v) is 5.94. The molecule has 0 aliphatic heterocycles. The van der Waals surface area contributed by atoms with E-state index in [-0.39, 0.29) is 5.78 Å². The Balaban J connectivity index is 2.05. The minimum Gasteiger partial charge on any atom is -0.310 e. The van der Waals surface area contributed by atoms with Crippen molar-refractivity contribution in [2.75, 3.05) is 13.1 Å². The van der Waals surface area contributed by atoms with Crippen LogP contribution in [0.5, 0.6) is 0 Å². The minimum absolute atomic E-state index is 0.183. The number of benzene rings is 2. The number of hydrogen-bond donors (Lipinski definition) is 1. The smallest absolute Gasteiger partial charge is 0.143 e. The van der Waals surface area contributed by atoms with E-state index in [1.165, 1.54) is 16.3 Å². The molecule has 0 saturated heterocycles. The first-order valence-electron chi connectivity index (χ1n) is 5.94. The second-order valence-electron chi connectivity index (χ2n) is 4.27. The van der Waals surface area contributed by atoms with E-state index in [1.54, 1.807) is 6.92 Å². The van der Waals surface area contributed by atoms with Crippen LogP contribution in [0.25, 0.3) is 10.8 Å². The largest absolute Gasteiger partial charge is 0.310 e. The number of ketones is 1. The molecule has 0 fully saturated rings. The summed E-state index contributed by atoms with van der Waals surface area (Å²) in [6.07, 6.45) is 0.953. The Hall–Kier alpha value is -1.67. The summed E-state index contributed by atoms with van der Waals surface area (Å²) in [5, 5.41) is 5.73. The predicted molar refractivity (Wildman–Crippen MR) is 71.2 cm³/mol. The zero-order valence-corrected chi connectivity index (χ0v) is 10.1. The highest BCUT2D eigenvalue weighted by atomic mass is 16.1. The van der Waals surface area contributed by atoms with Crippen LogP contribution in [0.3, 0.4) is 0 Å². The fraction of sp³-hybridized carbons (Fsp3) is 0.267. The summed E-state index contributed by atoms with van der Waals surface area (Å²) in [6.45, 7) is 2.91. The fourth-order valence-electron chi connectivity index (χ4n) is 2.00. The molecule has 0 heterocycles. The van der Waals surface area contributed by atoms with Crippen molar-refractivity contribution in [3.8, 4) is 0 Å². The van der Waals surface area contributed by atoms with E-state index in [2.05, 4.69) is 47.8 Å². The van der Waals surface area contributed by atoms with Crippen LogP contribution in [-0.4, -0.2) is 18.9 Å². The van der Waals surface area contributed by atoms with E-state index in [0.29, 0.717) is 6.54 Å². The highest BCUT2D eigenvalue weighted by Crippen LogP contribution is 2.18. The number of Topliss-reactive ketones (excluding diaryl/α,β-unsaturated/α-hetero) is 1. The Kier molecular flexibility index (Phi) is 3.89. The Morgan fingerprint density at radius 1 is 1.12 bits per heavy atom. The van der Waals surface area contributed by atoms with Gasteiger partial charge >= 0.3 is 0 Å². The van der Waals surface area contributed by atoms with Crippen LogP contribution in [0.2, 0.25) is 0 Å². The molecule has 1 N–H and O–H groups in total. The van der Waals surface area contributed by atoms with Crippen molar-refractivity contribution in [3.05, 3.63) is 48.0 Å². The molecule has 2 aromatic carbocycles. The minimum atomic E-state index is 0.183. The summed E-state index contributed by atoms with van der Waals surface area (Å²) in [7, 11) is 0. The van der Waals surface area contributed by atoms with Crippen molar-refractivity contribution < 1.29 is 4.79 Å². The lowest BCUT2D eigenvalue weighted by atomic mass is 10.0. The van der Waals surface area contributed by atoms with Crippen molar-refractivity contribution in [2.45, 2.75) is 13.3 Å². The zero-order chi connectivity index (χ0) is 12.1. The average Bonchev–Trinajstić information content (AvgIpc) is 2.34. The van der Waals surface area contributed by atoms with Crippen molar-refractivity contribution in [2.24, 2.45) is 0 Å². The van der Waals surface area contributed by atoms with E-state index in [1.807, 2.05) is 0 Å². The maximum atomic E-state index is 10.8. The summed E-state index contributed by atoms with van der Waals surface area (Å²) in [6, 6.07) is 14.8. The van der Waals surface area contributed by atoms with Gasteiger partial charge in [0.15, 0.2) is 0 Å². The number of carbonyl (C=O) groups excluding carboxylic acids is 1. The van der Waals surface area contributed by atoms with E-state index in [9.17, 15) is 4.79 Å². The van der Waals surface area contributed by atoms with Gasteiger partial charge in [0.1, 0.15) is 5.78 Å². The normalized spacial score (nSPS) is 10.6. The molecular weight excluding hydrogens is 210 g/mol. The lowest BCUT2D eigenvalue weighted by Crippen LogP contribution is -2.23. The Labute approximate surface area is 102 Å². The Morgan fingerprint density at radius 2 is 1.88 bits per heavy atom. The molecule has 0 saturated carbocycles. The average molecular weight is 227 g/mol. The molecule has 0 unspecified atom stereocenters. The second-order valence-corrected chi connectivity index (χ2v) is 4.27. The molecule has 2 heteroatoms. The van der Waals surface area contributed by atoms with Gasteiger partial charge in [-0.2, -0.15) is 0 Å². The standard InChI is InChI=1S/C15H17NO/c1-12(17)11-16-10-9-14-7-4-6-13-5-2-3-8-15(13)14/h2-8,16H,9-11H2,1H3. The third kappa shape index (κ3) is 3.14. The van der Waals surface area contributed by atoms with Crippen LogP contribution in [0.1, 0.15) is 12.5 Å². The second kappa shape index (κ2) is 5.60. The van der Waals surface area contributed by atoms with Gasteiger partial charge in [-0.05, 0) is 36.2 Å². The van der Waals surface area contributed by atoms with Gasteiger partial charge in [0.2, 0.25) is 0 Å². The predicted octanol–water partition coefficient (Wildman–Crippen LogP) is 2.56. The molecule has 88 valence electrons. The van der Waals surface area contributed by atoms with Crippen molar-refractivity contribution in [1.82, 2.24) is 5.32 Å². The van der Waals surface area contributed by atoms with Gasteiger partial charge in [0.25, 0.3) is 0 Å². The highest BCUT2D eigenvalue weighted by Gasteiger charge is 2.00. The summed E-state index contributed by atoms with van der Waals surface area (Å²) in [4.78, 5) is 10.8. The maximum absolute atomic E-state index is 10.8. The van der Waals surface area contributed by atoms with E-state index in [0.717, 1.165) is 13.0 Å². The summed E-state index contributed by atoms with van der Waals surface area (Å²) >= 11 is 0. The topological polar surface area (TPSA) is 29.1 Å². The van der Waals surface area contributed by atoms with Crippen LogP contribution >= 0.6 is 0 Å². The first-order chi connectivity index (χ1) is 8.27. The van der Waals surface area contributed by atoms with Gasteiger partial charge in [0, 0.05) is 0 Å². The highest BCUT2D eigenvalue weighted by molar-refractivity contribution is 5.85. The van der Waals surface area contributed by atoms with Crippen molar-refractivity contribution >= 4 is 16.6 Å². The van der Waals surface area contributed by atoms with E-state index in [4.69, 9.17) is 0 Å². The molecule has 0 amide bonds. The zero-order valence-electron chi connectivity index (χ0n) is 10.1. The van der Waals surface area contributed by atoms with Crippen LogP contribution in [0.4, 0.5) is 0 Å². The van der Waals surface area contributed by atoms with Crippen molar-refractivity contribution in [1.29, 1.82) is 0 Å². The first kappa shape index (κ1) is 11.8. The molecule has 17 heavy (non-hydrogen) atoms. The van der Waals surface area contributed by atoms with Crippen LogP contribution < -0.4 is 5.32 Å². The lowest BCUT2D eigenvalue weighted by Gasteiger charge is -2.06. The van der Waals surface area contributed by atoms with Gasteiger partial charge in [0.05, 0.1) is 6.54 Å². The molecular formula is C15H17NO. The molecule has 2 rings (SSSR count). The molecule has 2 aromatic rings. The summed E-state index contributed by atoms with van der Waals surface area (Å²) in [5.74, 6) is 0.183. The molecule has 2 nitrogen and oxygen atoms in total. The van der Waals surface area contributed by atoms with Gasteiger partial charge in [-0.1, -0.05) is 42.5 Å². The number of carbonyl (C=O) groups is 1. The van der Waals surface area contributed by atoms with Crippen molar-refractivity contribution in [3.63, 3.8) is 0 Å². The Bertz CT molecular complexity index is 514. The van der Waals surface area contributed by atoms with Gasteiger partial charge in [-0.25, -0.2) is 0 Å². The number of nitrogens with one attached hydrogen (secondary N) is 1. The summed E-state index contributed by atoms with van der Waals surface area (Å²) < 4.78 is 0. The maximum Gasteiger partial charge on any atom is 0.143 e. The third-order valence-corrected chi connectivity index (χ3v) is 2.82. The molecule has 0 aliphatic carbocycles. The lowest BCUT2D eigenvalue weighted by molar-refractivity contribution is -0.116. The number of hydrogen-bond acceptors (Lipinski definition) is 2. The monoisotopic (exact) mass is 227 g/mol. The molecule has 0 radical (unpaired) electrons. The third-order valence-electron chi connectivity index (χ3n) is 2.82.